The molecule has 1 N–H and O–H groups in total. The van der Waals surface area contributed by atoms with E-state index in [0.29, 0.717) is 24.1 Å². The number of ether oxygens (including phenoxy) is 1. The minimum atomic E-state index is 0.548. The first-order valence-electron chi connectivity index (χ1n) is 6.39. The topological polar surface area (TPSA) is 89.7 Å². The molecule has 0 amide bonds. The molecule has 1 aromatic carbocycles. The summed E-state index contributed by atoms with van der Waals surface area (Å²) in [6.07, 6.45) is 1.65. The average molecular weight is 303 g/mol. The summed E-state index contributed by atoms with van der Waals surface area (Å²) in [5, 5.41) is 15.0. The fourth-order valence-corrected chi connectivity index (χ4v) is 2.32. The summed E-state index contributed by atoms with van der Waals surface area (Å²) in [4.78, 5) is 4.36. The van der Waals surface area contributed by atoms with Crippen LogP contribution in [0.2, 0.25) is 0 Å². The zero-order valence-electron chi connectivity index (χ0n) is 11.3. The van der Waals surface area contributed by atoms with E-state index in [1.807, 2.05) is 31.2 Å². The molecule has 0 aliphatic carbocycles. The highest BCUT2D eigenvalue weighted by Crippen LogP contribution is 2.23. The third kappa shape index (κ3) is 3.40. The van der Waals surface area contributed by atoms with Gasteiger partial charge in [0.2, 0.25) is 11.7 Å². The van der Waals surface area contributed by atoms with Gasteiger partial charge in [0, 0.05) is 5.56 Å². The molecule has 0 aliphatic rings. The van der Waals surface area contributed by atoms with Crippen molar-refractivity contribution in [1.82, 2.24) is 25.6 Å². The lowest BCUT2D eigenvalue weighted by molar-refractivity contribution is 0.340. The summed E-state index contributed by atoms with van der Waals surface area (Å²) in [5.41, 5.74) is 0.889. The van der Waals surface area contributed by atoms with Crippen molar-refractivity contribution in [3.8, 4) is 17.1 Å². The van der Waals surface area contributed by atoms with Crippen molar-refractivity contribution in [1.29, 1.82) is 0 Å². The number of hydrogen-bond donors (Lipinski definition) is 1. The Morgan fingerprint density at radius 2 is 2.14 bits per heavy atom. The van der Waals surface area contributed by atoms with Gasteiger partial charge >= 0.3 is 0 Å². The van der Waals surface area contributed by atoms with Crippen molar-refractivity contribution in [2.24, 2.45) is 0 Å². The number of hydrogen-bond acceptors (Lipinski definition) is 7. The molecule has 0 fully saturated rings. The van der Waals surface area contributed by atoms with Gasteiger partial charge in [0.15, 0.2) is 0 Å². The third-order valence-electron chi connectivity index (χ3n) is 2.63. The van der Waals surface area contributed by atoms with Crippen LogP contribution in [0.25, 0.3) is 11.4 Å². The number of rotatable bonds is 6. The Morgan fingerprint density at radius 1 is 1.29 bits per heavy atom. The largest absolute Gasteiger partial charge is 0.494 e. The van der Waals surface area contributed by atoms with Gasteiger partial charge in [-0.15, -0.1) is 5.10 Å². The zero-order valence-corrected chi connectivity index (χ0v) is 12.1. The number of H-pyrrole nitrogens is 1. The molecule has 0 saturated carbocycles. The minimum absolute atomic E-state index is 0.548. The van der Waals surface area contributed by atoms with E-state index in [-0.39, 0.29) is 0 Å². The summed E-state index contributed by atoms with van der Waals surface area (Å²) in [7, 11) is 0. The lowest BCUT2D eigenvalue weighted by Crippen LogP contribution is -1.90. The number of benzene rings is 1. The minimum Gasteiger partial charge on any atom is -0.494 e. The predicted molar refractivity (Wildman–Crippen MR) is 76.8 cm³/mol. The molecule has 21 heavy (non-hydrogen) atoms. The van der Waals surface area contributed by atoms with Crippen LogP contribution in [-0.2, 0) is 5.75 Å². The molecule has 8 heteroatoms. The van der Waals surface area contributed by atoms with Crippen molar-refractivity contribution in [2.45, 2.75) is 17.7 Å². The second-order valence-electron chi connectivity index (χ2n) is 4.07. The van der Waals surface area contributed by atoms with E-state index in [2.05, 4.69) is 25.6 Å². The van der Waals surface area contributed by atoms with Gasteiger partial charge in [0.05, 0.1) is 18.6 Å². The maximum atomic E-state index is 5.40. The quantitative estimate of drug-likeness (QED) is 0.700. The standard InChI is InChI=1S/C13H13N5O2S/c1-2-19-10-5-3-9(4-6-10)13-15-11(20-17-13)8-21-12-7-14-18-16-12/h3-7H,2,8H2,1H3,(H,14,16,18). The van der Waals surface area contributed by atoms with Crippen molar-refractivity contribution >= 4 is 11.8 Å². The molecule has 7 nitrogen and oxygen atoms in total. The van der Waals surface area contributed by atoms with Gasteiger partial charge in [0.25, 0.3) is 0 Å². The van der Waals surface area contributed by atoms with Crippen LogP contribution in [-0.4, -0.2) is 32.2 Å². The van der Waals surface area contributed by atoms with Crippen LogP contribution in [0.15, 0.2) is 40.0 Å². The molecular weight excluding hydrogens is 290 g/mol. The van der Waals surface area contributed by atoms with Crippen molar-refractivity contribution in [3.63, 3.8) is 0 Å². The SMILES string of the molecule is CCOc1ccc(-c2noc(CSc3cn[nH]n3)n2)cc1. The molecule has 3 aromatic rings. The van der Waals surface area contributed by atoms with Gasteiger partial charge in [-0.1, -0.05) is 16.9 Å². The molecule has 2 heterocycles. The first-order chi connectivity index (χ1) is 10.3. The summed E-state index contributed by atoms with van der Waals surface area (Å²) >= 11 is 1.48. The monoisotopic (exact) mass is 303 g/mol. The smallest absolute Gasteiger partial charge is 0.237 e. The molecule has 0 aliphatic heterocycles. The second-order valence-corrected chi connectivity index (χ2v) is 5.06. The van der Waals surface area contributed by atoms with Crippen LogP contribution in [0.4, 0.5) is 0 Å². The van der Waals surface area contributed by atoms with E-state index in [1.165, 1.54) is 11.8 Å². The maximum Gasteiger partial charge on any atom is 0.237 e. The van der Waals surface area contributed by atoms with Crippen LogP contribution in [0, 0.1) is 0 Å². The van der Waals surface area contributed by atoms with E-state index in [0.717, 1.165) is 16.3 Å². The molecule has 108 valence electrons. The number of nitrogens with zero attached hydrogens (tertiary/aromatic N) is 4. The molecule has 2 aromatic heterocycles. The number of thioether (sulfide) groups is 1. The molecule has 0 atom stereocenters. The van der Waals surface area contributed by atoms with E-state index < -0.39 is 0 Å². The van der Waals surface area contributed by atoms with Gasteiger partial charge in [-0.3, -0.25) is 0 Å². The summed E-state index contributed by atoms with van der Waals surface area (Å²) in [6, 6.07) is 7.59. The van der Waals surface area contributed by atoms with Crippen LogP contribution < -0.4 is 4.74 Å². The fourth-order valence-electron chi connectivity index (χ4n) is 1.69. The van der Waals surface area contributed by atoms with E-state index in [1.54, 1.807) is 6.20 Å². The normalized spacial score (nSPS) is 10.7. The molecule has 0 unspecified atom stereocenters. The van der Waals surface area contributed by atoms with Crippen molar-refractivity contribution < 1.29 is 9.26 Å². The van der Waals surface area contributed by atoms with Crippen LogP contribution in [0.5, 0.6) is 5.75 Å². The van der Waals surface area contributed by atoms with Gasteiger partial charge in [-0.25, -0.2) is 0 Å². The van der Waals surface area contributed by atoms with Crippen LogP contribution in [0.3, 0.4) is 0 Å². The fraction of sp³-hybridized carbons (Fsp3) is 0.231. The molecule has 0 spiro atoms. The average Bonchev–Trinajstić information content (AvgIpc) is 3.18. The first-order valence-corrected chi connectivity index (χ1v) is 7.38. The van der Waals surface area contributed by atoms with Gasteiger partial charge in [-0.2, -0.15) is 15.3 Å². The number of aromatic amines is 1. The highest BCUT2D eigenvalue weighted by molar-refractivity contribution is 7.98. The van der Waals surface area contributed by atoms with E-state index >= 15 is 0 Å². The molecule has 0 bridgehead atoms. The summed E-state index contributed by atoms with van der Waals surface area (Å²) in [5.74, 6) is 2.49. The Morgan fingerprint density at radius 3 is 2.86 bits per heavy atom. The van der Waals surface area contributed by atoms with E-state index in [9.17, 15) is 0 Å². The summed E-state index contributed by atoms with van der Waals surface area (Å²) in [6.45, 7) is 2.59. The zero-order chi connectivity index (χ0) is 14.5. The van der Waals surface area contributed by atoms with E-state index in [4.69, 9.17) is 9.26 Å². The third-order valence-corrected chi connectivity index (χ3v) is 3.51. The number of nitrogens with one attached hydrogen (secondary N) is 1. The maximum absolute atomic E-state index is 5.40. The highest BCUT2D eigenvalue weighted by atomic mass is 32.2. The van der Waals surface area contributed by atoms with Gasteiger partial charge < -0.3 is 9.26 Å². The van der Waals surface area contributed by atoms with Gasteiger partial charge in [0.1, 0.15) is 10.8 Å². The van der Waals surface area contributed by atoms with Crippen LogP contribution >= 0.6 is 11.8 Å². The number of aromatic nitrogens is 5. The molecule has 0 radical (unpaired) electrons. The second kappa shape index (κ2) is 6.40. The van der Waals surface area contributed by atoms with Crippen molar-refractivity contribution in [2.75, 3.05) is 6.61 Å². The molecular formula is C13H13N5O2S. The lowest BCUT2D eigenvalue weighted by Gasteiger charge is -2.02. The van der Waals surface area contributed by atoms with Gasteiger partial charge in [-0.05, 0) is 31.2 Å². The Balaban J connectivity index is 1.66. The first kappa shape index (κ1) is 13.6. The highest BCUT2D eigenvalue weighted by Gasteiger charge is 2.10. The Bertz CT molecular complexity index is 681. The predicted octanol–water partition coefficient (Wildman–Crippen LogP) is 2.55. The molecule has 0 saturated heterocycles. The van der Waals surface area contributed by atoms with Crippen LogP contribution in [0.1, 0.15) is 12.8 Å². The van der Waals surface area contributed by atoms with Crippen molar-refractivity contribution in [3.05, 3.63) is 36.4 Å². The lowest BCUT2D eigenvalue weighted by atomic mass is 10.2. The Labute approximate surface area is 125 Å². The Hall–Kier alpha value is -2.35. The Kier molecular flexibility index (Phi) is 4.15. The molecule has 3 rings (SSSR count). The summed E-state index contributed by atoms with van der Waals surface area (Å²) < 4.78 is 10.6.